The van der Waals surface area contributed by atoms with Gasteiger partial charge in [0.05, 0.1) is 0 Å². The van der Waals surface area contributed by atoms with Crippen molar-refractivity contribution >= 4 is 6.29 Å². The van der Waals surface area contributed by atoms with Gasteiger partial charge in [0, 0.05) is 17.4 Å². The number of fused-ring (bicyclic) bond motifs is 3. The van der Waals surface area contributed by atoms with Crippen molar-refractivity contribution in [2.75, 3.05) is 0 Å². The van der Waals surface area contributed by atoms with Crippen molar-refractivity contribution in [2.45, 2.75) is 103 Å². The summed E-state index contributed by atoms with van der Waals surface area (Å²) < 4.78 is 6.47. The maximum Gasteiger partial charge on any atom is 0.127 e. The molecular weight excluding hydrogens is 348 g/mol. The van der Waals surface area contributed by atoms with Gasteiger partial charge in [0.25, 0.3) is 0 Å². The average Bonchev–Trinajstić information content (AvgIpc) is 2.63. The van der Waals surface area contributed by atoms with Gasteiger partial charge in [-0.05, 0) is 68.6 Å². The summed E-state index contributed by atoms with van der Waals surface area (Å²) in [7, 11) is 0. The van der Waals surface area contributed by atoms with E-state index in [4.69, 9.17) is 4.74 Å². The zero-order valence-corrected chi connectivity index (χ0v) is 18.4. The van der Waals surface area contributed by atoms with Crippen molar-refractivity contribution in [3.05, 3.63) is 23.3 Å². The van der Waals surface area contributed by atoms with Crippen LogP contribution >= 0.6 is 0 Å². The molecule has 3 heteroatoms. The summed E-state index contributed by atoms with van der Waals surface area (Å²) in [6.45, 7) is 11.1. The molecule has 1 saturated carbocycles. The van der Waals surface area contributed by atoms with Gasteiger partial charge in [0.1, 0.15) is 23.4 Å². The van der Waals surface area contributed by atoms with Crippen molar-refractivity contribution < 1.29 is 14.6 Å². The van der Waals surface area contributed by atoms with Gasteiger partial charge in [-0.1, -0.05) is 46.5 Å². The van der Waals surface area contributed by atoms with E-state index in [1.165, 1.54) is 25.7 Å². The Labute approximate surface area is 170 Å². The number of hydrogen-bond donors (Lipinski definition) is 1. The highest BCUT2D eigenvalue weighted by molar-refractivity contribution is 5.57. The second-order valence-corrected chi connectivity index (χ2v) is 10.2. The van der Waals surface area contributed by atoms with Crippen LogP contribution in [0.15, 0.2) is 12.1 Å². The summed E-state index contributed by atoms with van der Waals surface area (Å²) in [5.41, 5.74) is 1.81. The number of phenols is 1. The molecule has 156 valence electrons. The Morgan fingerprint density at radius 3 is 2.64 bits per heavy atom. The molecule has 0 aromatic heterocycles. The molecule has 0 radical (unpaired) electrons. The zero-order chi connectivity index (χ0) is 20.5. The number of ether oxygens (including phenoxy) is 1. The molecule has 1 N–H and O–H groups in total. The summed E-state index contributed by atoms with van der Waals surface area (Å²) >= 11 is 0. The van der Waals surface area contributed by atoms with Crippen molar-refractivity contribution in [1.29, 1.82) is 0 Å². The van der Waals surface area contributed by atoms with Crippen LogP contribution in [0.2, 0.25) is 0 Å². The molecule has 1 aromatic rings. The molecule has 28 heavy (non-hydrogen) atoms. The fraction of sp³-hybridized carbons (Fsp3) is 0.720. The molecule has 0 bridgehead atoms. The third-order valence-electron chi connectivity index (χ3n) is 7.28. The van der Waals surface area contributed by atoms with E-state index in [9.17, 15) is 9.90 Å². The first-order chi connectivity index (χ1) is 13.2. The molecule has 1 heterocycles. The molecule has 0 spiro atoms. The maximum absolute atomic E-state index is 11.4. The third kappa shape index (κ3) is 4.09. The lowest BCUT2D eigenvalue weighted by Crippen LogP contribution is -2.47. The van der Waals surface area contributed by atoms with E-state index in [1.54, 1.807) is 0 Å². The molecule has 1 fully saturated rings. The van der Waals surface area contributed by atoms with Crippen LogP contribution in [0.4, 0.5) is 0 Å². The largest absolute Gasteiger partial charge is 0.508 e. The van der Waals surface area contributed by atoms with Crippen molar-refractivity contribution in [2.24, 2.45) is 11.8 Å². The monoisotopic (exact) mass is 386 g/mol. The van der Waals surface area contributed by atoms with Crippen LogP contribution in [0.5, 0.6) is 11.5 Å². The van der Waals surface area contributed by atoms with E-state index in [0.29, 0.717) is 11.7 Å². The van der Waals surface area contributed by atoms with E-state index >= 15 is 0 Å². The Hall–Kier alpha value is -1.51. The number of carbonyl (C=O) groups excluding carboxylic acids is 1. The summed E-state index contributed by atoms with van der Waals surface area (Å²) in [6.07, 6.45) is 9.92. The van der Waals surface area contributed by atoms with Crippen LogP contribution in [-0.2, 0) is 10.2 Å². The lowest BCUT2D eigenvalue weighted by atomic mass is 9.64. The molecular formula is C25H38O3. The standard InChI is InChI=1S/C25H38O3/c1-6-7-8-9-12-24(2,3)18-14-21(27)23-19-13-17(16-26)10-11-20(19)25(4,5)28-22(23)15-18/h14-17,19-20,27H,6-13H2,1-5H3/t17-,19-,20-/m1/s1. The number of hydrogen-bond acceptors (Lipinski definition) is 3. The molecule has 0 amide bonds. The lowest BCUT2D eigenvalue weighted by molar-refractivity contribution is -0.113. The minimum atomic E-state index is -0.276. The Kier molecular flexibility index (Phi) is 6.12. The number of rotatable bonds is 7. The zero-order valence-electron chi connectivity index (χ0n) is 18.4. The predicted octanol–water partition coefficient (Wildman–Crippen LogP) is 6.51. The van der Waals surface area contributed by atoms with Crippen LogP contribution in [0.3, 0.4) is 0 Å². The minimum absolute atomic E-state index is 0.00248. The molecule has 1 aromatic carbocycles. The Morgan fingerprint density at radius 2 is 1.96 bits per heavy atom. The van der Waals surface area contributed by atoms with E-state index < -0.39 is 0 Å². The molecule has 0 saturated heterocycles. The smallest absolute Gasteiger partial charge is 0.127 e. The average molecular weight is 387 g/mol. The van der Waals surface area contributed by atoms with Crippen LogP contribution in [0, 0.1) is 11.8 Å². The van der Waals surface area contributed by atoms with Crippen molar-refractivity contribution in [1.82, 2.24) is 0 Å². The Balaban J connectivity index is 1.92. The van der Waals surface area contributed by atoms with Gasteiger partial charge >= 0.3 is 0 Å². The van der Waals surface area contributed by atoms with E-state index in [0.717, 1.165) is 48.8 Å². The van der Waals surface area contributed by atoms with Crippen LogP contribution in [0.25, 0.3) is 0 Å². The summed E-state index contributed by atoms with van der Waals surface area (Å²) in [6, 6.07) is 4.12. The quantitative estimate of drug-likeness (QED) is 0.429. The summed E-state index contributed by atoms with van der Waals surface area (Å²) in [4.78, 5) is 11.4. The molecule has 2 aliphatic rings. The molecule has 1 aliphatic carbocycles. The normalized spacial score (nSPS) is 26.1. The fourth-order valence-electron chi connectivity index (χ4n) is 5.43. The number of phenolic OH excluding ortho intramolecular Hbond substituents is 1. The number of carbonyl (C=O) groups is 1. The topological polar surface area (TPSA) is 46.5 Å². The molecule has 3 nitrogen and oxygen atoms in total. The van der Waals surface area contributed by atoms with E-state index in [1.807, 2.05) is 6.07 Å². The second kappa shape index (κ2) is 8.08. The highest BCUT2D eigenvalue weighted by Gasteiger charge is 2.48. The highest BCUT2D eigenvalue weighted by atomic mass is 16.5. The number of aromatic hydroxyl groups is 1. The second-order valence-electron chi connectivity index (χ2n) is 10.2. The summed E-state index contributed by atoms with van der Waals surface area (Å²) in [5, 5.41) is 11.0. The van der Waals surface area contributed by atoms with Gasteiger partial charge in [-0.15, -0.1) is 0 Å². The Morgan fingerprint density at radius 1 is 1.21 bits per heavy atom. The van der Waals surface area contributed by atoms with Gasteiger partial charge in [-0.25, -0.2) is 0 Å². The first kappa shape index (κ1) is 21.2. The fourth-order valence-corrected chi connectivity index (χ4v) is 5.43. The molecule has 3 rings (SSSR count). The van der Waals surface area contributed by atoms with Gasteiger partial charge < -0.3 is 14.6 Å². The summed E-state index contributed by atoms with van der Waals surface area (Å²) in [5.74, 6) is 1.82. The van der Waals surface area contributed by atoms with Crippen LogP contribution in [0.1, 0.15) is 103 Å². The first-order valence-corrected chi connectivity index (χ1v) is 11.2. The first-order valence-electron chi connectivity index (χ1n) is 11.2. The van der Waals surface area contributed by atoms with Crippen molar-refractivity contribution in [3.8, 4) is 11.5 Å². The Bertz CT molecular complexity index is 704. The molecule has 1 aliphatic heterocycles. The van der Waals surface area contributed by atoms with Gasteiger partial charge in [0.2, 0.25) is 0 Å². The lowest BCUT2D eigenvalue weighted by Gasteiger charge is -2.48. The highest BCUT2D eigenvalue weighted by Crippen LogP contribution is 2.55. The number of benzene rings is 1. The van der Waals surface area contributed by atoms with Crippen molar-refractivity contribution in [3.63, 3.8) is 0 Å². The SMILES string of the molecule is CCCCCCC(C)(C)c1cc(O)c2c(c1)OC(C)(C)[C@@H]1CC[C@@H](C=O)C[C@@H]21. The minimum Gasteiger partial charge on any atom is -0.508 e. The molecule has 0 unspecified atom stereocenters. The molecule has 3 atom stereocenters. The van der Waals surface area contributed by atoms with Gasteiger partial charge in [0.15, 0.2) is 0 Å². The number of aldehydes is 1. The maximum atomic E-state index is 11.4. The van der Waals surface area contributed by atoms with Gasteiger partial charge in [-0.3, -0.25) is 0 Å². The van der Waals surface area contributed by atoms with E-state index in [-0.39, 0.29) is 22.9 Å². The van der Waals surface area contributed by atoms with E-state index in [2.05, 4.69) is 40.7 Å². The number of unbranched alkanes of at least 4 members (excludes halogenated alkanes) is 3. The van der Waals surface area contributed by atoms with Crippen LogP contribution in [-0.4, -0.2) is 17.0 Å². The van der Waals surface area contributed by atoms with Gasteiger partial charge in [-0.2, -0.15) is 0 Å². The predicted molar refractivity (Wildman–Crippen MR) is 114 cm³/mol. The third-order valence-corrected chi connectivity index (χ3v) is 7.28. The van der Waals surface area contributed by atoms with Crippen LogP contribution < -0.4 is 4.74 Å².